The normalized spacial score (nSPS) is 14.3. The van der Waals surface area contributed by atoms with Gasteiger partial charge in [-0.1, -0.05) is 24.3 Å². The molecule has 1 aliphatic carbocycles. The number of carbonyl (C=O) groups excluding carboxylic acids is 1. The van der Waals surface area contributed by atoms with Crippen molar-refractivity contribution in [1.29, 1.82) is 0 Å². The lowest BCUT2D eigenvalue weighted by atomic mass is 10.1. The van der Waals surface area contributed by atoms with E-state index in [1.54, 1.807) is 22.6 Å². The van der Waals surface area contributed by atoms with Crippen LogP contribution in [0.25, 0.3) is 16.6 Å². The number of rotatable bonds is 9. The molecule has 0 bridgehead atoms. The summed E-state index contributed by atoms with van der Waals surface area (Å²) in [5, 5.41) is 0.520. The molecule has 3 aromatic rings. The number of ether oxygens (including phenoxy) is 2. The van der Waals surface area contributed by atoms with E-state index >= 15 is 0 Å². The molecule has 1 amide bonds. The lowest BCUT2D eigenvalue weighted by Crippen LogP contribution is -2.40. The summed E-state index contributed by atoms with van der Waals surface area (Å²) in [6.45, 7) is 5.14. The smallest absolute Gasteiger partial charge is 0.266 e. The first-order chi connectivity index (χ1) is 15.6. The van der Waals surface area contributed by atoms with E-state index in [0.717, 1.165) is 12.8 Å². The van der Waals surface area contributed by atoms with Gasteiger partial charge >= 0.3 is 0 Å². The molecule has 1 atom stereocenters. The minimum Gasteiger partial charge on any atom is -0.492 e. The molecular weight excluding hydrogens is 406 g/mol. The SMILES string of the molecule is CCOc1ccccc1-n1c(C(C)N(CCOC)C(=O)C2CC2)nc2ccccc2c1=O. The molecule has 0 spiro atoms. The Bertz CT molecular complexity index is 1170. The molecule has 4 rings (SSSR count). The minimum atomic E-state index is -0.426. The summed E-state index contributed by atoms with van der Waals surface area (Å²) in [5.41, 5.74) is 1.04. The van der Waals surface area contributed by atoms with Crippen LogP contribution in [0.15, 0.2) is 53.3 Å². The minimum absolute atomic E-state index is 0.0469. The molecule has 2 aromatic carbocycles. The third-order valence-electron chi connectivity index (χ3n) is 5.79. The second kappa shape index (κ2) is 9.53. The fourth-order valence-corrected chi connectivity index (χ4v) is 3.97. The van der Waals surface area contributed by atoms with Crippen LogP contribution < -0.4 is 10.3 Å². The number of carbonyl (C=O) groups is 1. The number of para-hydroxylation sites is 3. The highest BCUT2D eigenvalue weighted by Crippen LogP contribution is 2.34. The maximum atomic E-state index is 13.7. The summed E-state index contributed by atoms with van der Waals surface area (Å²) < 4.78 is 12.7. The van der Waals surface area contributed by atoms with Gasteiger partial charge in [0, 0.05) is 19.6 Å². The summed E-state index contributed by atoms with van der Waals surface area (Å²) in [6, 6.07) is 14.3. The van der Waals surface area contributed by atoms with Gasteiger partial charge in [-0.3, -0.25) is 14.2 Å². The number of methoxy groups -OCH3 is 1. The zero-order chi connectivity index (χ0) is 22.7. The van der Waals surface area contributed by atoms with E-state index in [-0.39, 0.29) is 17.4 Å². The number of hydrogen-bond acceptors (Lipinski definition) is 5. The Labute approximate surface area is 187 Å². The average Bonchev–Trinajstić information content (AvgIpc) is 3.65. The number of nitrogens with zero attached hydrogens (tertiary/aromatic N) is 3. The molecule has 1 unspecified atom stereocenters. The van der Waals surface area contributed by atoms with Gasteiger partial charge in [-0.25, -0.2) is 4.98 Å². The van der Waals surface area contributed by atoms with Crippen molar-refractivity contribution in [2.45, 2.75) is 32.7 Å². The fourth-order valence-electron chi connectivity index (χ4n) is 3.97. The van der Waals surface area contributed by atoms with Gasteiger partial charge < -0.3 is 14.4 Å². The van der Waals surface area contributed by atoms with Crippen LogP contribution in [-0.4, -0.2) is 47.2 Å². The van der Waals surface area contributed by atoms with Gasteiger partial charge in [-0.2, -0.15) is 0 Å². The Morgan fingerprint density at radius 2 is 1.91 bits per heavy atom. The number of fused-ring (bicyclic) bond motifs is 1. The monoisotopic (exact) mass is 435 g/mol. The average molecular weight is 436 g/mol. The molecule has 32 heavy (non-hydrogen) atoms. The Hall–Kier alpha value is -3.19. The molecule has 168 valence electrons. The van der Waals surface area contributed by atoms with Gasteiger partial charge in [0.25, 0.3) is 5.56 Å². The zero-order valence-corrected chi connectivity index (χ0v) is 18.8. The summed E-state index contributed by atoms with van der Waals surface area (Å²) in [5.74, 6) is 1.23. The van der Waals surface area contributed by atoms with Crippen LogP contribution in [0.3, 0.4) is 0 Å². The van der Waals surface area contributed by atoms with Gasteiger partial charge in [-0.15, -0.1) is 0 Å². The molecule has 0 N–H and O–H groups in total. The highest BCUT2D eigenvalue weighted by molar-refractivity contribution is 5.82. The molecular formula is C25H29N3O4. The molecule has 1 saturated carbocycles. The lowest BCUT2D eigenvalue weighted by molar-refractivity contribution is -0.135. The first kappa shape index (κ1) is 22.0. The van der Waals surface area contributed by atoms with Gasteiger partial charge in [0.15, 0.2) is 0 Å². The van der Waals surface area contributed by atoms with Crippen molar-refractivity contribution in [1.82, 2.24) is 14.5 Å². The number of hydrogen-bond donors (Lipinski definition) is 0. The van der Waals surface area contributed by atoms with E-state index in [1.165, 1.54) is 0 Å². The predicted molar refractivity (Wildman–Crippen MR) is 123 cm³/mol. The van der Waals surface area contributed by atoms with Crippen LogP contribution in [0.1, 0.15) is 38.6 Å². The maximum absolute atomic E-state index is 13.7. The van der Waals surface area contributed by atoms with Gasteiger partial charge in [0.2, 0.25) is 5.91 Å². The third kappa shape index (κ3) is 4.25. The molecule has 1 fully saturated rings. The summed E-state index contributed by atoms with van der Waals surface area (Å²) in [6.07, 6.45) is 1.81. The molecule has 7 heteroatoms. The molecule has 0 radical (unpaired) electrons. The zero-order valence-electron chi connectivity index (χ0n) is 18.8. The first-order valence-electron chi connectivity index (χ1n) is 11.1. The quantitative estimate of drug-likeness (QED) is 0.512. The van der Waals surface area contributed by atoms with Crippen LogP contribution in [0.5, 0.6) is 5.75 Å². The van der Waals surface area contributed by atoms with Crippen molar-refractivity contribution in [2.75, 3.05) is 26.9 Å². The molecule has 0 saturated heterocycles. The Morgan fingerprint density at radius 1 is 1.19 bits per heavy atom. The second-order valence-corrected chi connectivity index (χ2v) is 8.00. The van der Waals surface area contributed by atoms with Crippen molar-refractivity contribution >= 4 is 16.8 Å². The van der Waals surface area contributed by atoms with Crippen LogP contribution in [0.2, 0.25) is 0 Å². The second-order valence-electron chi connectivity index (χ2n) is 8.00. The fraction of sp³-hybridized carbons (Fsp3) is 0.400. The van der Waals surface area contributed by atoms with Crippen molar-refractivity contribution < 1.29 is 14.3 Å². The van der Waals surface area contributed by atoms with E-state index in [1.807, 2.05) is 56.3 Å². The van der Waals surface area contributed by atoms with Crippen LogP contribution in [0, 0.1) is 5.92 Å². The van der Waals surface area contributed by atoms with E-state index < -0.39 is 6.04 Å². The Morgan fingerprint density at radius 3 is 2.62 bits per heavy atom. The van der Waals surface area contributed by atoms with Gasteiger partial charge in [0.1, 0.15) is 11.6 Å². The molecule has 7 nitrogen and oxygen atoms in total. The van der Waals surface area contributed by atoms with Gasteiger partial charge in [-0.05, 0) is 51.0 Å². The van der Waals surface area contributed by atoms with Crippen molar-refractivity contribution in [3.8, 4) is 11.4 Å². The van der Waals surface area contributed by atoms with Crippen LogP contribution in [-0.2, 0) is 9.53 Å². The summed E-state index contributed by atoms with van der Waals surface area (Å²) in [4.78, 5) is 33.5. The van der Waals surface area contributed by atoms with E-state index in [9.17, 15) is 9.59 Å². The Kier molecular flexibility index (Phi) is 6.55. The number of amides is 1. The number of benzene rings is 2. The summed E-state index contributed by atoms with van der Waals surface area (Å²) >= 11 is 0. The Balaban J connectivity index is 1.92. The van der Waals surface area contributed by atoms with Crippen molar-refractivity contribution in [3.05, 3.63) is 64.7 Å². The molecule has 1 heterocycles. The number of aromatic nitrogens is 2. The molecule has 0 aliphatic heterocycles. The van der Waals surface area contributed by atoms with E-state index in [0.29, 0.717) is 47.9 Å². The third-order valence-corrected chi connectivity index (χ3v) is 5.79. The first-order valence-corrected chi connectivity index (χ1v) is 11.1. The van der Waals surface area contributed by atoms with Crippen LogP contribution >= 0.6 is 0 Å². The van der Waals surface area contributed by atoms with Crippen molar-refractivity contribution in [2.24, 2.45) is 5.92 Å². The molecule has 1 aromatic heterocycles. The van der Waals surface area contributed by atoms with E-state index in [2.05, 4.69) is 0 Å². The standard InChI is InChI=1S/C25H29N3O4/c1-4-32-22-12-8-7-11-21(22)28-23(26-20-10-6-5-9-19(20)25(28)30)17(2)27(15-16-31-3)24(29)18-13-14-18/h5-12,17-18H,4,13-16H2,1-3H3. The maximum Gasteiger partial charge on any atom is 0.266 e. The largest absolute Gasteiger partial charge is 0.492 e. The lowest BCUT2D eigenvalue weighted by Gasteiger charge is -2.30. The van der Waals surface area contributed by atoms with Gasteiger partial charge in [0.05, 0.1) is 35.8 Å². The van der Waals surface area contributed by atoms with Crippen molar-refractivity contribution in [3.63, 3.8) is 0 Å². The predicted octanol–water partition coefficient (Wildman–Crippen LogP) is 3.73. The van der Waals surface area contributed by atoms with Crippen LogP contribution in [0.4, 0.5) is 0 Å². The molecule has 1 aliphatic rings. The summed E-state index contributed by atoms with van der Waals surface area (Å²) in [7, 11) is 1.62. The highest BCUT2D eigenvalue weighted by atomic mass is 16.5. The topological polar surface area (TPSA) is 73.7 Å². The van der Waals surface area contributed by atoms with E-state index in [4.69, 9.17) is 14.5 Å². The highest BCUT2D eigenvalue weighted by Gasteiger charge is 2.37.